The minimum absolute atomic E-state index is 0.0449. The molecule has 2 aromatic carbocycles. The molecule has 192 valence electrons. The fourth-order valence-corrected chi connectivity index (χ4v) is 4.28. The Kier molecular flexibility index (Phi) is 7.13. The number of benzene rings is 2. The van der Waals surface area contributed by atoms with Gasteiger partial charge in [0.2, 0.25) is 17.2 Å². The zero-order valence-corrected chi connectivity index (χ0v) is 21.7. The van der Waals surface area contributed by atoms with E-state index in [2.05, 4.69) is 27.4 Å². The maximum absolute atomic E-state index is 13.4. The Hall–Kier alpha value is -4.59. The van der Waals surface area contributed by atoms with Gasteiger partial charge in [0, 0.05) is 23.1 Å². The Bertz CT molecular complexity index is 1650. The quantitative estimate of drug-likeness (QED) is 0.288. The molecule has 0 fully saturated rings. The summed E-state index contributed by atoms with van der Waals surface area (Å²) in [6.07, 6.45) is 4.85. The maximum Gasteiger partial charge on any atom is 0.263 e. The lowest BCUT2D eigenvalue weighted by atomic mass is 10.1. The van der Waals surface area contributed by atoms with Gasteiger partial charge in [0.25, 0.3) is 5.89 Å². The first-order valence-electron chi connectivity index (χ1n) is 12.7. The second-order valence-corrected chi connectivity index (χ2v) is 9.46. The summed E-state index contributed by atoms with van der Waals surface area (Å²) in [7, 11) is 0. The van der Waals surface area contributed by atoms with Crippen LogP contribution < -0.4 is 10.7 Å². The highest BCUT2D eigenvalue weighted by molar-refractivity contribution is 5.92. The van der Waals surface area contributed by atoms with Crippen LogP contribution in [0.3, 0.4) is 0 Å². The molecule has 3 heterocycles. The molecule has 5 rings (SSSR count). The average Bonchev–Trinajstić information content (AvgIpc) is 3.40. The Morgan fingerprint density at radius 2 is 1.74 bits per heavy atom. The molecular formula is C30H29N5O3. The van der Waals surface area contributed by atoms with Crippen molar-refractivity contribution in [3.05, 3.63) is 93.9 Å². The fraction of sp³-hybridized carbons (Fsp3) is 0.233. The number of anilines is 1. The Morgan fingerprint density at radius 1 is 0.974 bits per heavy atom. The van der Waals surface area contributed by atoms with E-state index in [1.54, 1.807) is 22.9 Å². The summed E-state index contributed by atoms with van der Waals surface area (Å²) in [5.74, 6) is 0.231. The topological polar surface area (TPSA) is 103 Å². The van der Waals surface area contributed by atoms with E-state index in [0.29, 0.717) is 22.5 Å². The normalized spacial score (nSPS) is 11.1. The minimum Gasteiger partial charge on any atom is -0.333 e. The molecule has 38 heavy (non-hydrogen) atoms. The first-order chi connectivity index (χ1) is 18.4. The van der Waals surface area contributed by atoms with E-state index >= 15 is 0 Å². The molecule has 0 unspecified atom stereocenters. The maximum atomic E-state index is 13.4. The average molecular weight is 508 g/mol. The van der Waals surface area contributed by atoms with Crippen molar-refractivity contribution in [2.45, 2.75) is 46.6 Å². The number of unbranched alkanes of at least 4 members (excludes halogenated alkanes) is 1. The summed E-state index contributed by atoms with van der Waals surface area (Å²) in [5, 5.41) is 7.38. The molecule has 0 radical (unpaired) electrons. The smallest absolute Gasteiger partial charge is 0.263 e. The fourth-order valence-electron chi connectivity index (χ4n) is 4.28. The number of rotatable bonds is 8. The summed E-state index contributed by atoms with van der Waals surface area (Å²) in [6, 6.07) is 19.1. The van der Waals surface area contributed by atoms with Crippen LogP contribution in [0.1, 0.15) is 36.6 Å². The summed E-state index contributed by atoms with van der Waals surface area (Å²) in [6.45, 7) is 5.96. The number of nitrogens with one attached hydrogen (secondary N) is 1. The Balaban J connectivity index is 1.46. The molecule has 0 spiro atoms. The highest BCUT2D eigenvalue weighted by Crippen LogP contribution is 2.23. The molecule has 0 saturated heterocycles. The van der Waals surface area contributed by atoms with E-state index in [4.69, 9.17) is 4.52 Å². The predicted molar refractivity (Wildman–Crippen MR) is 148 cm³/mol. The molecule has 0 atom stereocenters. The molecule has 1 amide bonds. The van der Waals surface area contributed by atoms with Gasteiger partial charge in [-0.15, -0.1) is 0 Å². The van der Waals surface area contributed by atoms with Gasteiger partial charge >= 0.3 is 0 Å². The Labute approximate surface area is 220 Å². The lowest BCUT2D eigenvalue weighted by Gasteiger charge is -2.13. The summed E-state index contributed by atoms with van der Waals surface area (Å²) in [4.78, 5) is 35.4. The zero-order chi connectivity index (χ0) is 26.6. The van der Waals surface area contributed by atoms with Crippen molar-refractivity contribution < 1.29 is 9.32 Å². The molecule has 1 N–H and O–H groups in total. The molecule has 0 aliphatic rings. The van der Waals surface area contributed by atoms with E-state index in [1.165, 1.54) is 5.56 Å². The van der Waals surface area contributed by atoms with E-state index in [9.17, 15) is 9.59 Å². The van der Waals surface area contributed by atoms with Crippen LogP contribution in [0.25, 0.3) is 33.9 Å². The number of fused-ring (bicyclic) bond motifs is 1. The first kappa shape index (κ1) is 25.1. The van der Waals surface area contributed by atoms with Crippen molar-refractivity contribution in [3.8, 4) is 22.8 Å². The number of aryl methyl sites for hydroxylation is 3. The molecule has 0 bridgehead atoms. The van der Waals surface area contributed by atoms with Crippen LogP contribution in [-0.4, -0.2) is 25.6 Å². The van der Waals surface area contributed by atoms with Crippen LogP contribution in [0.4, 0.5) is 5.69 Å². The van der Waals surface area contributed by atoms with Crippen molar-refractivity contribution in [2.24, 2.45) is 0 Å². The highest BCUT2D eigenvalue weighted by atomic mass is 16.5. The van der Waals surface area contributed by atoms with Gasteiger partial charge in [-0.2, -0.15) is 4.98 Å². The third-order valence-corrected chi connectivity index (χ3v) is 6.40. The van der Waals surface area contributed by atoms with Gasteiger partial charge in [0.1, 0.15) is 17.8 Å². The number of carbonyl (C=O) groups is 1. The standard InChI is InChI=1S/C30H29N5O3/c1-4-5-6-21-10-14-23(15-11-21)32-26(36)18-35-17-25(27(37)24-16-9-20(3)31-29(24)35)30-33-28(34-38-30)22-12-7-19(2)8-13-22/h7-17H,4-6,18H2,1-3H3,(H,32,36). The number of aromatic nitrogens is 4. The van der Waals surface area contributed by atoms with E-state index < -0.39 is 0 Å². The van der Waals surface area contributed by atoms with Crippen molar-refractivity contribution in [2.75, 3.05) is 5.32 Å². The van der Waals surface area contributed by atoms with Crippen LogP contribution in [0.15, 0.2) is 76.2 Å². The van der Waals surface area contributed by atoms with Crippen molar-refractivity contribution >= 4 is 22.6 Å². The third-order valence-electron chi connectivity index (χ3n) is 6.40. The second kappa shape index (κ2) is 10.8. The number of nitrogens with zero attached hydrogens (tertiary/aromatic N) is 4. The van der Waals surface area contributed by atoms with E-state index in [1.807, 2.05) is 62.4 Å². The van der Waals surface area contributed by atoms with Gasteiger partial charge in [-0.25, -0.2) is 4.98 Å². The van der Waals surface area contributed by atoms with Gasteiger partial charge in [0.05, 0.1) is 5.39 Å². The zero-order valence-electron chi connectivity index (χ0n) is 21.7. The Morgan fingerprint density at radius 3 is 2.47 bits per heavy atom. The lowest BCUT2D eigenvalue weighted by Crippen LogP contribution is -2.22. The van der Waals surface area contributed by atoms with Crippen LogP contribution in [0.2, 0.25) is 0 Å². The minimum atomic E-state index is -0.286. The molecule has 3 aromatic heterocycles. The largest absolute Gasteiger partial charge is 0.333 e. The molecule has 8 nitrogen and oxygen atoms in total. The van der Waals surface area contributed by atoms with Crippen LogP contribution in [0.5, 0.6) is 0 Å². The first-order valence-corrected chi connectivity index (χ1v) is 12.7. The number of carbonyl (C=O) groups excluding carboxylic acids is 1. The van der Waals surface area contributed by atoms with Crippen LogP contribution in [0, 0.1) is 13.8 Å². The van der Waals surface area contributed by atoms with Gasteiger partial charge in [-0.1, -0.05) is 60.5 Å². The van der Waals surface area contributed by atoms with Crippen molar-refractivity contribution in [3.63, 3.8) is 0 Å². The van der Waals surface area contributed by atoms with E-state index in [-0.39, 0.29) is 29.3 Å². The van der Waals surface area contributed by atoms with Crippen LogP contribution in [-0.2, 0) is 17.8 Å². The van der Waals surface area contributed by atoms with Gasteiger partial charge in [-0.3, -0.25) is 9.59 Å². The molecule has 8 heteroatoms. The predicted octanol–water partition coefficient (Wildman–Crippen LogP) is 5.71. The number of hydrogen-bond donors (Lipinski definition) is 1. The third kappa shape index (κ3) is 5.39. The summed E-state index contributed by atoms with van der Waals surface area (Å²) >= 11 is 0. The van der Waals surface area contributed by atoms with Gasteiger partial charge in [0.15, 0.2) is 0 Å². The van der Waals surface area contributed by atoms with Crippen LogP contribution >= 0.6 is 0 Å². The van der Waals surface area contributed by atoms with Gasteiger partial charge in [-0.05, 0) is 56.5 Å². The molecule has 0 saturated carbocycles. The van der Waals surface area contributed by atoms with Crippen molar-refractivity contribution in [1.29, 1.82) is 0 Å². The lowest BCUT2D eigenvalue weighted by molar-refractivity contribution is -0.116. The molecular weight excluding hydrogens is 478 g/mol. The SMILES string of the molecule is CCCCc1ccc(NC(=O)Cn2cc(-c3nc(-c4ccc(C)cc4)no3)c(=O)c3ccc(C)nc32)cc1. The molecule has 5 aromatic rings. The highest BCUT2D eigenvalue weighted by Gasteiger charge is 2.19. The number of pyridine rings is 2. The monoisotopic (exact) mass is 507 g/mol. The summed E-state index contributed by atoms with van der Waals surface area (Å²) in [5.41, 5.74) is 4.93. The molecule has 0 aliphatic carbocycles. The van der Waals surface area contributed by atoms with E-state index in [0.717, 1.165) is 36.1 Å². The summed E-state index contributed by atoms with van der Waals surface area (Å²) < 4.78 is 7.14. The second-order valence-electron chi connectivity index (χ2n) is 9.46. The van der Waals surface area contributed by atoms with Crippen molar-refractivity contribution in [1.82, 2.24) is 19.7 Å². The molecule has 0 aliphatic heterocycles. The van der Waals surface area contributed by atoms with Gasteiger partial charge < -0.3 is 14.4 Å². The number of hydrogen-bond acceptors (Lipinski definition) is 6. The number of amides is 1.